The minimum absolute atomic E-state index is 0.0822. The summed E-state index contributed by atoms with van der Waals surface area (Å²) in [6.45, 7) is 3.55. The average Bonchev–Trinajstić information content (AvgIpc) is 2.84. The van der Waals surface area contributed by atoms with Gasteiger partial charge < -0.3 is 4.74 Å². The van der Waals surface area contributed by atoms with Crippen molar-refractivity contribution in [1.82, 2.24) is 15.0 Å². The van der Waals surface area contributed by atoms with Crippen LogP contribution in [0.2, 0.25) is 0 Å². The summed E-state index contributed by atoms with van der Waals surface area (Å²) in [6.07, 6.45) is -2.88. The Balaban J connectivity index is 2.49. The van der Waals surface area contributed by atoms with Gasteiger partial charge in [0.15, 0.2) is 5.69 Å². The number of aromatic nitrogens is 3. The molecule has 2 aromatic rings. The molecule has 7 heteroatoms. The third-order valence-electron chi connectivity index (χ3n) is 2.66. The highest BCUT2D eigenvalue weighted by atomic mass is 19.3. The van der Waals surface area contributed by atoms with E-state index >= 15 is 0 Å². The van der Waals surface area contributed by atoms with Crippen LogP contribution < -0.4 is 0 Å². The fourth-order valence-corrected chi connectivity index (χ4v) is 1.71. The molecule has 0 aliphatic heterocycles. The van der Waals surface area contributed by atoms with Crippen LogP contribution in [0.1, 0.15) is 35.1 Å². The number of benzene rings is 1. The number of hydrogen-bond donors (Lipinski definition) is 0. The van der Waals surface area contributed by atoms with Gasteiger partial charge in [-0.05, 0) is 26.0 Å². The molecular weight excluding hydrogens is 268 g/mol. The van der Waals surface area contributed by atoms with E-state index in [4.69, 9.17) is 4.74 Å². The minimum atomic E-state index is -2.88. The number of hydrogen-bond acceptors (Lipinski definition) is 4. The first kappa shape index (κ1) is 14.1. The Hall–Kier alpha value is -2.31. The van der Waals surface area contributed by atoms with Crippen LogP contribution in [0.4, 0.5) is 8.78 Å². The largest absolute Gasteiger partial charge is 0.461 e. The molecule has 1 aromatic heterocycles. The number of halogens is 2. The molecule has 1 heterocycles. The van der Waals surface area contributed by atoms with Crippen molar-refractivity contribution in [1.29, 1.82) is 0 Å². The molecule has 1 aromatic carbocycles. The van der Waals surface area contributed by atoms with Gasteiger partial charge in [-0.2, -0.15) is 0 Å². The van der Waals surface area contributed by atoms with Crippen LogP contribution in [0.15, 0.2) is 24.3 Å². The van der Waals surface area contributed by atoms with Crippen LogP contribution in [-0.2, 0) is 4.74 Å². The van der Waals surface area contributed by atoms with Gasteiger partial charge in [0.25, 0.3) is 6.43 Å². The lowest BCUT2D eigenvalue weighted by atomic mass is 10.2. The Bertz CT molecular complexity index is 609. The molecule has 0 bridgehead atoms. The molecule has 0 saturated carbocycles. The smallest absolute Gasteiger partial charge is 0.361 e. The Morgan fingerprint density at radius 3 is 2.55 bits per heavy atom. The molecule has 0 aliphatic carbocycles. The highest BCUT2D eigenvalue weighted by Crippen LogP contribution is 2.25. The van der Waals surface area contributed by atoms with E-state index < -0.39 is 23.8 Å². The van der Waals surface area contributed by atoms with Crippen LogP contribution in [0.25, 0.3) is 5.69 Å². The van der Waals surface area contributed by atoms with Crippen molar-refractivity contribution in [2.45, 2.75) is 20.3 Å². The van der Waals surface area contributed by atoms with Crippen LogP contribution in [0.5, 0.6) is 0 Å². The lowest BCUT2D eigenvalue weighted by molar-refractivity contribution is 0.0507. The van der Waals surface area contributed by atoms with Gasteiger partial charge in [0.1, 0.15) is 5.69 Å². The Morgan fingerprint density at radius 2 is 2.00 bits per heavy atom. The van der Waals surface area contributed by atoms with Crippen molar-refractivity contribution in [3.63, 3.8) is 0 Å². The van der Waals surface area contributed by atoms with Gasteiger partial charge >= 0.3 is 5.97 Å². The number of rotatable bonds is 4. The predicted octanol–water partition coefficient (Wildman–Crippen LogP) is 2.69. The second kappa shape index (κ2) is 5.77. The van der Waals surface area contributed by atoms with E-state index in [1.54, 1.807) is 31.2 Å². The molecule has 0 unspecified atom stereocenters. The van der Waals surface area contributed by atoms with Gasteiger partial charge in [-0.15, -0.1) is 5.10 Å². The maximum atomic E-state index is 13.2. The first-order chi connectivity index (χ1) is 9.54. The molecular formula is C13H13F2N3O2. The third kappa shape index (κ3) is 2.66. The molecule has 2 rings (SSSR count). The maximum Gasteiger partial charge on any atom is 0.361 e. The summed E-state index contributed by atoms with van der Waals surface area (Å²) in [4.78, 5) is 11.6. The van der Waals surface area contributed by atoms with Crippen LogP contribution in [0, 0.1) is 6.92 Å². The van der Waals surface area contributed by atoms with E-state index in [0.29, 0.717) is 5.69 Å². The topological polar surface area (TPSA) is 57.0 Å². The number of esters is 1. The average molecular weight is 281 g/mol. The SMILES string of the molecule is CCOC(=O)c1nnn(-c2ccc(C)cc2)c1C(F)F. The second-order valence-electron chi connectivity index (χ2n) is 4.09. The number of aryl methyl sites for hydroxylation is 1. The van der Waals surface area contributed by atoms with E-state index in [2.05, 4.69) is 10.3 Å². The molecule has 0 aliphatic rings. The van der Waals surface area contributed by atoms with Gasteiger partial charge in [-0.1, -0.05) is 22.9 Å². The monoisotopic (exact) mass is 281 g/mol. The summed E-state index contributed by atoms with van der Waals surface area (Å²) in [5, 5.41) is 7.14. The van der Waals surface area contributed by atoms with E-state index in [1.165, 1.54) is 0 Å². The summed E-state index contributed by atoms with van der Waals surface area (Å²) >= 11 is 0. The number of carbonyl (C=O) groups excluding carboxylic acids is 1. The highest BCUT2D eigenvalue weighted by Gasteiger charge is 2.28. The Labute approximate surface area is 114 Å². The van der Waals surface area contributed by atoms with Crippen LogP contribution >= 0.6 is 0 Å². The predicted molar refractivity (Wildman–Crippen MR) is 67.0 cm³/mol. The van der Waals surface area contributed by atoms with E-state index in [0.717, 1.165) is 10.2 Å². The van der Waals surface area contributed by atoms with Crippen molar-refractivity contribution in [3.8, 4) is 5.69 Å². The lowest BCUT2D eigenvalue weighted by Crippen LogP contribution is -2.10. The number of nitrogens with zero attached hydrogens (tertiary/aromatic N) is 3. The molecule has 0 atom stereocenters. The number of carbonyl (C=O) groups is 1. The summed E-state index contributed by atoms with van der Waals surface area (Å²) in [7, 11) is 0. The molecule has 5 nitrogen and oxygen atoms in total. The van der Waals surface area contributed by atoms with Crippen LogP contribution in [-0.4, -0.2) is 27.6 Å². The second-order valence-corrected chi connectivity index (χ2v) is 4.09. The van der Waals surface area contributed by atoms with Crippen molar-refractivity contribution in [2.24, 2.45) is 0 Å². The van der Waals surface area contributed by atoms with Gasteiger partial charge in [0, 0.05) is 0 Å². The zero-order valence-corrected chi connectivity index (χ0v) is 11.0. The van der Waals surface area contributed by atoms with Crippen molar-refractivity contribution >= 4 is 5.97 Å². The Kier molecular flexibility index (Phi) is 4.07. The van der Waals surface area contributed by atoms with Gasteiger partial charge in [-0.25, -0.2) is 18.3 Å². The molecule has 106 valence electrons. The number of ether oxygens (including phenoxy) is 1. The standard InChI is InChI=1S/C13H13F2N3O2/c1-3-20-13(19)10-11(12(14)15)18(17-16-10)9-6-4-8(2)5-7-9/h4-7,12H,3H2,1-2H3. The van der Waals surface area contributed by atoms with Gasteiger partial charge in [0.2, 0.25) is 0 Å². The van der Waals surface area contributed by atoms with E-state index in [9.17, 15) is 13.6 Å². The van der Waals surface area contributed by atoms with Gasteiger partial charge in [-0.3, -0.25) is 0 Å². The van der Waals surface area contributed by atoms with Crippen LogP contribution in [0.3, 0.4) is 0 Å². The number of alkyl halides is 2. The molecule has 0 fully saturated rings. The summed E-state index contributed by atoms with van der Waals surface area (Å²) in [6, 6.07) is 6.78. The van der Waals surface area contributed by atoms with Crippen molar-refractivity contribution < 1.29 is 18.3 Å². The summed E-state index contributed by atoms with van der Waals surface area (Å²) in [5.41, 5.74) is 0.377. The first-order valence-electron chi connectivity index (χ1n) is 6.02. The summed E-state index contributed by atoms with van der Waals surface area (Å²) < 4.78 is 32.0. The molecule has 0 N–H and O–H groups in total. The van der Waals surface area contributed by atoms with Crippen molar-refractivity contribution in [2.75, 3.05) is 6.61 Å². The van der Waals surface area contributed by atoms with E-state index in [-0.39, 0.29) is 6.61 Å². The molecule has 0 spiro atoms. The quantitative estimate of drug-likeness (QED) is 0.808. The molecule has 0 saturated heterocycles. The fourth-order valence-electron chi connectivity index (χ4n) is 1.71. The summed E-state index contributed by atoms with van der Waals surface area (Å²) in [5.74, 6) is -0.902. The van der Waals surface area contributed by atoms with Gasteiger partial charge in [0.05, 0.1) is 12.3 Å². The lowest BCUT2D eigenvalue weighted by Gasteiger charge is -2.07. The maximum absolute atomic E-state index is 13.2. The van der Waals surface area contributed by atoms with E-state index in [1.807, 2.05) is 6.92 Å². The highest BCUT2D eigenvalue weighted by molar-refractivity contribution is 5.88. The zero-order chi connectivity index (χ0) is 14.7. The molecule has 20 heavy (non-hydrogen) atoms. The minimum Gasteiger partial charge on any atom is -0.461 e. The molecule has 0 radical (unpaired) electrons. The normalized spacial score (nSPS) is 10.8. The fraction of sp³-hybridized carbons (Fsp3) is 0.308. The first-order valence-corrected chi connectivity index (χ1v) is 6.02. The van der Waals surface area contributed by atoms with Crippen molar-refractivity contribution in [3.05, 3.63) is 41.2 Å². The zero-order valence-electron chi connectivity index (χ0n) is 11.0. The molecule has 0 amide bonds. The Morgan fingerprint density at radius 1 is 1.35 bits per heavy atom. The third-order valence-corrected chi connectivity index (χ3v) is 2.66.